The number of amides is 1. The van der Waals surface area contributed by atoms with Gasteiger partial charge in [-0.15, -0.1) is 0 Å². The van der Waals surface area contributed by atoms with Crippen LogP contribution in [0.2, 0.25) is 0 Å². The summed E-state index contributed by atoms with van der Waals surface area (Å²) in [6.45, 7) is 12.8. The van der Waals surface area contributed by atoms with Gasteiger partial charge in [0, 0.05) is 25.3 Å². The van der Waals surface area contributed by atoms with Crippen molar-refractivity contribution in [1.29, 1.82) is 0 Å². The normalized spacial score (nSPS) is 10.8. The number of hydrogen-bond acceptors (Lipinski definition) is 4. The van der Waals surface area contributed by atoms with E-state index in [0.717, 1.165) is 44.6 Å². The Morgan fingerprint density at radius 3 is 2.41 bits per heavy atom. The molecule has 0 bridgehead atoms. The second-order valence-electron chi connectivity index (χ2n) is 6.12. The average molecular weight is 306 g/mol. The van der Waals surface area contributed by atoms with Crippen molar-refractivity contribution in [3.8, 4) is 0 Å². The maximum absolute atomic E-state index is 12.6. The molecule has 0 saturated heterocycles. The molecule has 0 aliphatic heterocycles. The zero-order chi connectivity index (χ0) is 16.5. The molecule has 1 aromatic heterocycles. The number of anilines is 1. The summed E-state index contributed by atoms with van der Waals surface area (Å²) in [5, 5.41) is 3.22. The van der Waals surface area contributed by atoms with Crippen molar-refractivity contribution >= 4 is 11.9 Å². The number of nitrogens with one attached hydrogen (secondary N) is 1. The Kier molecular flexibility index (Phi) is 7.85. The first-order valence-corrected chi connectivity index (χ1v) is 8.36. The largest absolute Gasteiger partial charge is 0.354 e. The van der Waals surface area contributed by atoms with Crippen LogP contribution in [0.4, 0.5) is 5.95 Å². The van der Waals surface area contributed by atoms with E-state index in [2.05, 4.69) is 43.0 Å². The second kappa shape index (κ2) is 9.38. The quantitative estimate of drug-likeness (QED) is 0.758. The zero-order valence-corrected chi connectivity index (χ0v) is 14.6. The van der Waals surface area contributed by atoms with Crippen molar-refractivity contribution in [2.24, 2.45) is 5.92 Å². The first-order chi connectivity index (χ1) is 10.5. The summed E-state index contributed by atoms with van der Waals surface area (Å²) >= 11 is 0. The lowest BCUT2D eigenvalue weighted by Gasteiger charge is -2.21. The van der Waals surface area contributed by atoms with Gasteiger partial charge >= 0.3 is 0 Å². The van der Waals surface area contributed by atoms with E-state index in [0.29, 0.717) is 17.6 Å². The van der Waals surface area contributed by atoms with E-state index in [9.17, 15) is 4.79 Å². The summed E-state index contributed by atoms with van der Waals surface area (Å²) in [5.41, 5.74) is 1.31. The minimum atomic E-state index is 0.00103. The summed E-state index contributed by atoms with van der Waals surface area (Å²) in [7, 11) is 0. The van der Waals surface area contributed by atoms with Crippen LogP contribution in [0.5, 0.6) is 0 Å². The molecule has 1 aromatic rings. The van der Waals surface area contributed by atoms with Crippen LogP contribution in [0.3, 0.4) is 0 Å². The van der Waals surface area contributed by atoms with E-state index in [1.54, 1.807) is 6.07 Å². The Hall–Kier alpha value is -1.65. The first kappa shape index (κ1) is 18.4. The van der Waals surface area contributed by atoms with Gasteiger partial charge in [-0.25, -0.2) is 9.97 Å². The number of hydrogen-bond donors (Lipinski definition) is 1. The third-order valence-electron chi connectivity index (χ3n) is 3.35. The first-order valence-electron chi connectivity index (χ1n) is 8.36. The number of carbonyl (C=O) groups excluding carboxylic acids is 1. The van der Waals surface area contributed by atoms with Crippen molar-refractivity contribution in [1.82, 2.24) is 14.9 Å². The van der Waals surface area contributed by atoms with Crippen LogP contribution in [0.15, 0.2) is 6.07 Å². The van der Waals surface area contributed by atoms with Crippen LogP contribution >= 0.6 is 0 Å². The van der Waals surface area contributed by atoms with Crippen molar-refractivity contribution < 1.29 is 4.79 Å². The van der Waals surface area contributed by atoms with Crippen molar-refractivity contribution in [2.45, 2.75) is 53.9 Å². The van der Waals surface area contributed by atoms with Crippen LogP contribution < -0.4 is 5.32 Å². The molecule has 0 spiro atoms. The van der Waals surface area contributed by atoms with Crippen LogP contribution in [0.1, 0.15) is 63.1 Å². The Morgan fingerprint density at radius 2 is 1.86 bits per heavy atom. The fraction of sp³-hybridized carbons (Fsp3) is 0.706. The minimum Gasteiger partial charge on any atom is -0.354 e. The predicted octanol–water partition coefficient (Wildman–Crippen LogP) is 3.51. The Labute approximate surface area is 134 Å². The predicted molar refractivity (Wildman–Crippen MR) is 91.2 cm³/mol. The lowest BCUT2D eigenvalue weighted by Crippen LogP contribution is -2.33. The third-order valence-corrected chi connectivity index (χ3v) is 3.35. The molecule has 0 aliphatic carbocycles. The van der Waals surface area contributed by atoms with Gasteiger partial charge in [0.1, 0.15) is 5.69 Å². The second-order valence-corrected chi connectivity index (χ2v) is 6.12. The van der Waals surface area contributed by atoms with Gasteiger partial charge in [0.15, 0.2) is 0 Å². The van der Waals surface area contributed by atoms with Gasteiger partial charge in [-0.3, -0.25) is 4.79 Å². The van der Waals surface area contributed by atoms with Gasteiger partial charge in [0.05, 0.1) is 0 Å². The molecule has 124 valence electrons. The smallest absolute Gasteiger partial charge is 0.272 e. The maximum atomic E-state index is 12.6. The van der Waals surface area contributed by atoms with Crippen molar-refractivity contribution in [3.63, 3.8) is 0 Å². The summed E-state index contributed by atoms with van der Waals surface area (Å²) in [6.07, 6.45) is 2.96. The van der Waals surface area contributed by atoms with Crippen molar-refractivity contribution in [2.75, 3.05) is 25.0 Å². The summed E-state index contributed by atoms with van der Waals surface area (Å²) in [5.74, 6) is 1.18. The highest BCUT2D eigenvalue weighted by Crippen LogP contribution is 2.10. The van der Waals surface area contributed by atoms with Gasteiger partial charge < -0.3 is 10.2 Å². The van der Waals surface area contributed by atoms with Crippen LogP contribution in [-0.2, 0) is 0 Å². The molecule has 0 unspecified atom stereocenters. The molecule has 22 heavy (non-hydrogen) atoms. The van der Waals surface area contributed by atoms with E-state index in [4.69, 9.17) is 0 Å². The van der Waals surface area contributed by atoms with E-state index < -0.39 is 0 Å². The number of aryl methyl sites for hydroxylation is 1. The number of rotatable bonds is 9. The monoisotopic (exact) mass is 306 g/mol. The molecule has 0 atom stereocenters. The van der Waals surface area contributed by atoms with Crippen molar-refractivity contribution in [3.05, 3.63) is 17.5 Å². The standard InChI is InChI=1S/C17H30N4O/c1-6-10-21(11-7-2)16(22)15-12-14(5)19-17(20-15)18-9-8-13(3)4/h12-13H,6-11H2,1-5H3,(H,18,19,20). The minimum absolute atomic E-state index is 0.00103. The highest BCUT2D eigenvalue weighted by atomic mass is 16.2. The lowest BCUT2D eigenvalue weighted by molar-refractivity contribution is 0.0749. The third kappa shape index (κ3) is 6.00. The Bertz CT molecular complexity index is 468. The fourth-order valence-corrected chi connectivity index (χ4v) is 2.25. The summed E-state index contributed by atoms with van der Waals surface area (Å²) in [6, 6.07) is 1.77. The summed E-state index contributed by atoms with van der Waals surface area (Å²) in [4.78, 5) is 23.3. The molecule has 0 aliphatic rings. The Balaban J connectivity index is 2.84. The molecule has 1 N–H and O–H groups in total. The van der Waals surface area contributed by atoms with E-state index in [1.807, 2.05) is 11.8 Å². The van der Waals surface area contributed by atoms with Crippen LogP contribution in [-0.4, -0.2) is 40.4 Å². The highest BCUT2D eigenvalue weighted by molar-refractivity contribution is 5.92. The zero-order valence-electron chi connectivity index (χ0n) is 14.6. The van der Waals surface area contributed by atoms with Crippen LogP contribution in [0, 0.1) is 12.8 Å². The lowest BCUT2D eigenvalue weighted by atomic mass is 10.1. The van der Waals surface area contributed by atoms with E-state index in [-0.39, 0.29) is 5.91 Å². The van der Waals surface area contributed by atoms with E-state index >= 15 is 0 Å². The average Bonchev–Trinajstić information content (AvgIpc) is 2.45. The van der Waals surface area contributed by atoms with Gasteiger partial charge in [0.2, 0.25) is 5.95 Å². The molecule has 0 fully saturated rings. The molecule has 5 nitrogen and oxygen atoms in total. The number of aromatic nitrogens is 2. The fourth-order valence-electron chi connectivity index (χ4n) is 2.25. The van der Waals surface area contributed by atoms with Gasteiger partial charge in [-0.1, -0.05) is 27.7 Å². The summed E-state index contributed by atoms with van der Waals surface area (Å²) < 4.78 is 0. The highest BCUT2D eigenvalue weighted by Gasteiger charge is 2.17. The molecular weight excluding hydrogens is 276 g/mol. The van der Waals surface area contributed by atoms with Crippen LogP contribution in [0.25, 0.3) is 0 Å². The van der Waals surface area contributed by atoms with E-state index in [1.165, 1.54) is 0 Å². The maximum Gasteiger partial charge on any atom is 0.272 e. The molecule has 0 radical (unpaired) electrons. The molecule has 0 saturated carbocycles. The molecule has 5 heteroatoms. The van der Waals surface area contributed by atoms with Gasteiger partial charge in [-0.05, 0) is 38.2 Å². The Morgan fingerprint density at radius 1 is 1.23 bits per heavy atom. The molecule has 1 heterocycles. The molecular formula is C17H30N4O. The molecule has 1 rings (SSSR count). The topological polar surface area (TPSA) is 58.1 Å². The van der Waals surface area contributed by atoms with Gasteiger partial charge in [-0.2, -0.15) is 0 Å². The van der Waals surface area contributed by atoms with Gasteiger partial charge in [0.25, 0.3) is 5.91 Å². The molecule has 0 aromatic carbocycles. The number of nitrogens with zero attached hydrogens (tertiary/aromatic N) is 3. The SMILES string of the molecule is CCCN(CCC)C(=O)c1cc(C)nc(NCCC(C)C)n1. The number of carbonyl (C=O) groups is 1. The molecule has 1 amide bonds.